The Labute approximate surface area is 166 Å². The van der Waals surface area contributed by atoms with E-state index < -0.39 is 0 Å². The second-order valence-electron chi connectivity index (χ2n) is 6.70. The molecule has 0 spiro atoms. The molecule has 7 heteroatoms. The van der Waals surface area contributed by atoms with Crippen molar-refractivity contribution in [3.05, 3.63) is 84.4 Å². The number of H-pyrrole nitrogens is 2. The number of nitrogens with zero attached hydrogens (tertiary/aromatic N) is 3. The molecule has 0 atom stereocenters. The maximum Gasteiger partial charge on any atom is 0.199 e. The van der Waals surface area contributed by atoms with Crippen LogP contribution in [0.1, 0.15) is 11.4 Å². The van der Waals surface area contributed by atoms with E-state index in [1.54, 1.807) is 12.3 Å². The molecule has 0 amide bonds. The molecule has 5 rings (SSSR count). The van der Waals surface area contributed by atoms with Crippen molar-refractivity contribution in [2.75, 3.05) is 5.73 Å². The molecule has 3 heterocycles. The minimum absolute atomic E-state index is 0.447. The van der Waals surface area contributed by atoms with Crippen LogP contribution in [0.3, 0.4) is 0 Å². The van der Waals surface area contributed by atoms with Gasteiger partial charge in [-0.3, -0.25) is 10.1 Å². The lowest BCUT2D eigenvalue weighted by Gasteiger charge is -2.09. The van der Waals surface area contributed by atoms with Crippen LogP contribution in [-0.4, -0.2) is 25.1 Å². The fourth-order valence-electron chi connectivity index (χ4n) is 3.16. The molecule has 0 saturated carbocycles. The van der Waals surface area contributed by atoms with Crippen LogP contribution in [0, 0.1) is 0 Å². The molecule has 0 aliphatic rings. The van der Waals surface area contributed by atoms with Gasteiger partial charge in [-0.25, -0.2) is 4.98 Å². The number of pyridine rings is 1. The van der Waals surface area contributed by atoms with Crippen molar-refractivity contribution >= 4 is 16.6 Å². The molecule has 0 fully saturated rings. The number of hydrogen-bond donors (Lipinski definition) is 3. The number of ether oxygens (including phenoxy) is 1. The highest BCUT2D eigenvalue weighted by atomic mass is 16.5. The van der Waals surface area contributed by atoms with Gasteiger partial charge in [-0.15, -0.1) is 0 Å². The second kappa shape index (κ2) is 7.12. The van der Waals surface area contributed by atoms with Gasteiger partial charge in [-0.05, 0) is 29.8 Å². The predicted octanol–water partition coefficient (Wildman–Crippen LogP) is 4.31. The number of aromatic amines is 2. The number of rotatable bonds is 5. The lowest BCUT2D eigenvalue weighted by molar-refractivity contribution is 0.485. The number of nitrogen functional groups attached to an aromatic ring is 1. The molecule has 0 unspecified atom stereocenters. The van der Waals surface area contributed by atoms with E-state index in [2.05, 4.69) is 37.3 Å². The van der Waals surface area contributed by atoms with Crippen molar-refractivity contribution in [3.8, 4) is 23.0 Å². The average molecular weight is 382 g/mol. The van der Waals surface area contributed by atoms with Crippen LogP contribution in [0.4, 0.5) is 5.69 Å². The normalized spacial score (nSPS) is 11.0. The minimum atomic E-state index is 0.447. The molecule has 0 aliphatic heterocycles. The highest BCUT2D eigenvalue weighted by Gasteiger charge is 2.12. The van der Waals surface area contributed by atoms with Gasteiger partial charge < -0.3 is 15.5 Å². The lowest BCUT2D eigenvalue weighted by atomic mass is 10.1. The minimum Gasteiger partial charge on any atom is -0.455 e. The third kappa shape index (κ3) is 3.53. The molecule has 0 saturated heterocycles. The van der Waals surface area contributed by atoms with Crippen molar-refractivity contribution < 1.29 is 4.74 Å². The summed E-state index contributed by atoms with van der Waals surface area (Å²) in [6, 6.07) is 19.7. The molecule has 7 nitrogen and oxygen atoms in total. The molecule has 3 aromatic heterocycles. The van der Waals surface area contributed by atoms with E-state index in [9.17, 15) is 0 Å². The summed E-state index contributed by atoms with van der Waals surface area (Å²) in [5, 5.41) is 8.34. The number of hydrogen-bond acceptors (Lipinski definition) is 5. The molecule has 0 radical (unpaired) electrons. The fourth-order valence-corrected chi connectivity index (χ4v) is 3.16. The molecular formula is C22H18N6O. The summed E-state index contributed by atoms with van der Waals surface area (Å²) >= 11 is 0. The Bertz CT molecular complexity index is 1270. The van der Waals surface area contributed by atoms with Gasteiger partial charge in [0, 0.05) is 29.6 Å². The van der Waals surface area contributed by atoms with Crippen molar-refractivity contribution in [2.45, 2.75) is 6.42 Å². The van der Waals surface area contributed by atoms with Crippen molar-refractivity contribution in [1.82, 2.24) is 25.1 Å². The summed E-state index contributed by atoms with van der Waals surface area (Å²) in [6.07, 6.45) is 4.12. The number of nitrogens with two attached hydrogens (primary N) is 1. The summed E-state index contributed by atoms with van der Waals surface area (Å²) in [7, 11) is 0. The first-order valence-electron chi connectivity index (χ1n) is 9.21. The first-order chi connectivity index (χ1) is 14.2. The summed E-state index contributed by atoms with van der Waals surface area (Å²) in [5.41, 5.74) is 9.32. The van der Waals surface area contributed by atoms with E-state index >= 15 is 0 Å². The number of nitrogens with one attached hydrogen (secondary N) is 2. The summed E-state index contributed by atoms with van der Waals surface area (Å²) in [4.78, 5) is 12.1. The van der Waals surface area contributed by atoms with E-state index in [1.165, 1.54) is 0 Å². The number of anilines is 1. The number of benzene rings is 2. The predicted molar refractivity (Wildman–Crippen MR) is 112 cm³/mol. The zero-order valence-electron chi connectivity index (χ0n) is 15.5. The van der Waals surface area contributed by atoms with E-state index in [0.717, 1.165) is 22.3 Å². The quantitative estimate of drug-likeness (QED) is 0.420. The lowest BCUT2D eigenvalue weighted by Crippen LogP contribution is -1.96. The van der Waals surface area contributed by atoms with Gasteiger partial charge in [0.1, 0.15) is 17.3 Å². The Kier molecular flexibility index (Phi) is 4.18. The molecule has 4 N–H and O–H groups in total. The monoisotopic (exact) mass is 382 g/mol. The second-order valence-corrected chi connectivity index (χ2v) is 6.70. The summed E-state index contributed by atoms with van der Waals surface area (Å²) in [5.74, 6) is 2.48. The van der Waals surface area contributed by atoms with Gasteiger partial charge in [-0.2, -0.15) is 5.10 Å². The standard InChI is InChI=1S/C22H18N6O/c23-17-13-25-19(22-26-21(27-28-22)10-14-4-2-1-3-5-14)12-20(17)29-16-6-7-18-15(11-16)8-9-24-18/h1-9,11-13,24H,10,23H2,(H,26,27,28). The molecule has 29 heavy (non-hydrogen) atoms. The van der Waals surface area contributed by atoms with Crippen LogP contribution in [-0.2, 0) is 6.42 Å². The Hall–Kier alpha value is -4.13. The summed E-state index contributed by atoms with van der Waals surface area (Å²) < 4.78 is 6.01. The highest BCUT2D eigenvalue weighted by Crippen LogP contribution is 2.31. The van der Waals surface area contributed by atoms with E-state index in [-0.39, 0.29) is 0 Å². The van der Waals surface area contributed by atoms with E-state index in [1.807, 2.05) is 48.7 Å². The number of aromatic nitrogens is 5. The van der Waals surface area contributed by atoms with Crippen molar-refractivity contribution in [1.29, 1.82) is 0 Å². The van der Waals surface area contributed by atoms with Gasteiger partial charge in [0.25, 0.3) is 0 Å². The third-order valence-electron chi connectivity index (χ3n) is 4.62. The number of fused-ring (bicyclic) bond motifs is 1. The third-order valence-corrected chi connectivity index (χ3v) is 4.62. The van der Waals surface area contributed by atoms with E-state index in [4.69, 9.17) is 10.5 Å². The highest BCUT2D eigenvalue weighted by molar-refractivity contribution is 5.81. The first kappa shape index (κ1) is 17.0. The Morgan fingerprint density at radius 3 is 2.79 bits per heavy atom. The van der Waals surface area contributed by atoms with Crippen LogP contribution in [0.2, 0.25) is 0 Å². The SMILES string of the molecule is Nc1cnc(-c2n[nH]c(Cc3ccccc3)n2)cc1Oc1ccc2[nH]ccc2c1. The fraction of sp³-hybridized carbons (Fsp3) is 0.0455. The van der Waals surface area contributed by atoms with Crippen LogP contribution < -0.4 is 10.5 Å². The van der Waals surface area contributed by atoms with E-state index in [0.29, 0.717) is 35.1 Å². The maximum atomic E-state index is 6.07. The zero-order chi connectivity index (χ0) is 19.6. The average Bonchev–Trinajstić information content (AvgIpc) is 3.39. The van der Waals surface area contributed by atoms with Gasteiger partial charge in [0.05, 0.1) is 11.9 Å². The van der Waals surface area contributed by atoms with Gasteiger partial charge in [0.2, 0.25) is 0 Å². The van der Waals surface area contributed by atoms with Crippen molar-refractivity contribution in [3.63, 3.8) is 0 Å². The molecule has 0 bridgehead atoms. The Morgan fingerprint density at radius 2 is 1.90 bits per heavy atom. The molecule has 2 aromatic carbocycles. The zero-order valence-corrected chi connectivity index (χ0v) is 15.5. The first-order valence-corrected chi connectivity index (χ1v) is 9.21. The van der Waals surface area contributed by atoms with Crippen molar-refractivity contribution in [2.24, 2.45) is 0 Å². The summed E-state index contributed by atoms with van der Waals surface area (Å²) in [6.45, 7) is 0. The maximum absolute atomic E-state index is 6.07. The molecular weight excluding hydrogens is 364 g/mol. The smallest absolute Gasteiger partial charge is 0.199 e. The molecule has 142 valence electrons. The molecule has 5 aromatic rings. The van der Waals surface area contributed by atoms with Crippen LogP contribution in [0.15, 0.2) is 73.1 Å². The Morgan fingerprint density at radius 1 is 1.00 bits per heavy atom. The Balaban J connectivity index is 1.40. The topological polar surface area (TPSA) is 106 Å². The van der Waals surface area contributed by atoms with Crippen LogP contribution >= 0.6 is 0 Å². The van der Waals surface area contributed by atoms with Gasteiger partial charge >= 0.3 is 0 Å². The van der Waals surface area contributed by atoms with Crippen LogP contribution in [0.25, 0.3) is 22.4 Å². The van der Waals surface area contributed by atoms with Gasteiger partial charge in [0.15, 0.2) is 11.6 Å². The van der Waals surface area contributed by atoms with Gasteiger partial charge in [-0.1, -0.05) is 30.3 Å². The van der Waals surface area contributed by atoms with Crippen LogP contribution in [0.5, 0.6) is 11.5 Å². The molecule has 0 aliphatic carbocycles. The largest absolute Gasteiger partial charge is 0.455 e.